The molecule has 2 fully saturated rings. The van der Waals surface area contributed by atoms with Crippen LogP contribution in [-0.4, -0.2) is 25.5 Å². The third kappa shape index (κ3) is 4.25. The molecule has 0 spiro atoms. The molecule has 0 bridgehead atoms. The molecule has 1 N–H and O–H groups in total. The van der Waals surface area contributed by atoms with Gasteiger partial charge in [0.05, 0.1) is 7.11 Å². The fourth-order valence-electron chi connectivity index (χ4n) is 4.96. The number of carbonyl (C=O) groups is 2. The Morgan fingerprint density at radius 3 is 2.43 bits per heavy atom. The van der Waals surface area contributed by atoms with Crippen LogP contribution in [0.3, 0.4) is 0 Å². The summed E-state index contributed by atoms with van der Waals surface area (Å²) in [6.45, 7) is 0.714. The Labute approximate surface area is 190 Å². The van der Waals surface area contributed by atoms with Gasteiger partial charge >= 0.3 is 5.97 Å². The molecule has 1 aromatic carbocycles. The van der Waals surface area contributed by atoms with Crippen molar-refractivity contribution in [1.82, 2.24) is 5.32 Å². The lowest BCUT2D eigenvalue weighted by atomic mass is 9.70. The molecule has 1 aromatic heterocycles. The molecule has 2 unspecified atom stereocenters. The lowest BCUT2D eigenvalue weighted by Crippen LogP contribution is -2.30. The van der Waals surface area contributed by atoms with Crippen LogP contribution in [-0.2, 0) is 9.53 Å². The summed E-state index contributed by atoms with van der Waals surface area (Å²) in [5.74, 6) is 0.131. The van der Waals surface area contributed by atoms with Gasteiger partial charge in [-0.2, -0.15) is 0 Å². The lowest BCUT2D eigenvalue weighted by molar-refractivity contribution is -0.123. The van der Waals surface area contributed by atoms with Gasteiger partial charge in [-0.1, -0.05) is 42.5 Å². The molecule has 160 valence electrons. The monoisotopic (exact) mass is 465 g/mol. The SMILES string of the molecule is COC(=O)c1ccc(-c2cc(Cl)c(C(C3CCCCC3)C3CCNC3=O)c(Cl)c2)s1. The first-order valence-electron chi connectivity index (χ1n) is 10.4. The number of halogens is 2. The van der Waals surface area contributed by atoms with E-state index in [0.29, 0.717) is 27.4 Å². The Morgan fingerprint density at radius 1 is 1.13 bits per heavy atom. The van der Waals surface area contributed by atoms with E-state index < -0.39 is 0 Å². The van der Waals surface area contributed by atoms with Gasteiger partial charge in [0.15, 0.2) is 0 Å². The molecule has 2 atom stereocenters. The fourth-order valence-corrected chi connectivity index (χ4v) is 6.61. The Bertz CT molecular complexity index is 929. The molecule has 2 aromatic rings. The van der Waals surface area contributed by atoms with E-state index >= 15 is 0 Å². The van der Waals surface area contributed by atoms with Crippen LogP contribution in [0.5, 0.6) is 0 Å². The largest absolute Gasteiger partial charge is 0.465 e. The van der Waals surface area contributed by atoms with E-state index in [1.165, 1.54) is 37.7 Å². The van der Waals surface area contributed by atoms with Crippen molar-refractivity contribution in [3.8, 4) is 10.4 Å². The van der Waals surface area contributed by atoms with Crippen LogP contribution in [0.15, 0.2) is 24.3 Å². The van der Waals surface area contributed by atoms with Gasteiger partial charge in [-0.15, -0.1) is 11.3 Å². The minimum atomic E-state index is -0.357. The highest BCUT2D eigenvalue weighted by atomic mass is 35.5. The standard InChI is InChI=1S/C23H25Cl2NO3S/c1-29-23(28)19-8-7-18(30-19)14-11-16(24)21(17(25)12-14)20(13-5-3-2-4-6-13)15-9-10-26-22(15)27/h7-8,11-13,15,20H,2-6,9-10H2,1H3,(H,26,27). The molecule has 1 aliphatic heterocycles. The lowest BCUT2D eigenvalue weighted by Gasteiger charge is -2.34. The van der Waals surface area contributed by atoms with Crippen molar-refractivity contribution in [2.45, 2.75) is 44.4 Å². The molecule has 1 amide bonds. The van der Waals surface area contributed by atoms with Crippen LogP contribution < -0.4 is 5.32 Å². The zero-order valence-electron chi connectivity index (χ0n) is 16.9. The number of nitrogens with one attached hydrogen (secondary N) is 1. The van der Waals surface area contributed by atoms with Gasteiger partial charge in [0.2, 0.25) is 5.91 Å². The molecular weight excluding hydrogens is 441 g/mol. The number of carbonyl (C=O) groups excluding carboxylic acids is 2. The summed E-state index contributed by atoms with van der Waals surface area (Å²) >= 11 is 15.0. The van der Waals surface area contributed by atoms with Gasteiger partial charge in [-0.05, 0) is 60.6 Å². The van der Waals surface area contributed by atoms with E-state index in [0.717, 1.165) is 35.3 Å². The van der Waals surface area contributed by atoms with Gasteiger partial charge in [0, 0.05) is 33.3 Å². The van der Waals surface area contributed by atoms with Crippen LogP contribution in [0, 0.1) is 11.8 Å². The number of thiophene rings is 1. The first-order valence-corrected chi connectivity index (χ1v) is 12.0. The topological polar surface area (TPSA) is 55.4 Å². The van der Waals surface area contributed by atoms with Gasteiger partial charge in [0.25, 0.3) is 0 Å². The Balaban J connectivity index is 1.72. The van der Waals surface area contributed by atoms with E-state index in [2.05, 4.69) is 5.32 Å². The summed E-state index contributed by atoms with van der Waals surface area (Å²) < 4.78 is 4.80. The van der Waals surface area contributed by atoms with E-state index in [9.17, 15) is 9.59 Å². The molecule has 30 heavy (non-hydrogen) atoms. The number of amides is 1. The Hall–Kier alpha value is -1.56. The number of hydrogen-bond acceptors (Lipinski definition) is 4. The van der Waals surface area contributed by atoms with Crippen LogP contribution in [0.25, 0.3) is 10.4 Å². The maximum Gasteiger partial charge on any atom is 0.348 e. The highest BCUT2D eigenvalue weighted by Crippen LogP contribution is 2.48. The van der Waals surface area contributed by atoms with Gasteiger partial charge < -0.3 is 10.1 Å². The maximum absolute atomic E-state index is 12.6. The van der Waals surface area contributed by atoms with E-state index in [1.54, 1.807) is 6.07 Å². The fraction of sp³-hybridized carbons (Fsp3) is 0.478. The molecule has 2 aliphatic rings. The molecule has 4 nitrogen and oxygen atoms in total. The van der Waals surface area contributed by atoms with Gasteiger partial charge in [-0.25, -0.2) is 4.79 Å². The normalized spacial score (nSPS) is 20.8. The summed E-state index contributed by atoms with van der Waals surface area (Å²) in [5, 5.41) is 4.18. The van der Waals surface area contributed by atoms with Crippen LogP contribution in [0.2, 0.25) is 10.0 Å². The second kappa shape index (κ2) is 9.29. The maximum atomic E-state index is 12.6. The number of esters is 1. The molecule has 0 radical (unpaired) electrons. The molecular formula is C23H25Cl2NO3S. The zero-order valence-corrected chi connectivity index (χ0v) is 19.2. The van der Waals surface area contributed by atoms with Crippen molar-refractivity contribution in [2.24, 2.45) is 11.8 Å². The van der Waals surface area contributed by atoms with Crippen molar-refractivity contribution < 1.29 is 14.3 Å². The van der Waals surface area contributed by atoms with Crippen molar-refractivity contribution in [2.75, 3.05) is 13.7 Å². The minimum Gasteiger partial charge on any atom is -0.465 e. The third-order valence-corrected chi connectivity index (χ3v) is 8.11. The number of rotatable bonds is 5. The zero-order chi connectivity index (χ0) is 21.3. The second-order valence-electron chi connectivity index (χ2n) is 8.12. The average molecular weight is 466 g/mol. The summed E-state index contributed by atoms with van der Waals surface area (Å²) in [7, 11) is 1.37. The van der Waals surface area contributed by atoms with Crippen LogP contribution in [0.1, 0.15) is 59.7 Å². The summed E-state index contributed by atoms with van der Waals surface area (Å²) in [4.78, 5) is 25.8. The molecule has 4 rings (SSSR count). The molecule has 2 heterocycles. The van der Waals surface area contributed by atoms with Crippen LogP contribution in [0.4, 0.5) is 0 Å². The number of methoxy groups -OCH3 is 1. The van der Waals surface area contributed by atoms with E-state index in [-0.39, 0.29) is 23.7 Å². The van der Waals surface area contributed by atoms with Crippen molar-refractivity contribution in [3.05, 3.63) is 44.8 Å². The Kier molecular flexibility index (Phi) is 6.71. The smallest absolute Gasteiger partial charge is 0.348 e. The highest BCUT2D eigenvalue weighted by Gasteiger charge is 2.40. The van der Waals surface area contributed by atoms with Crippen molar-refractivity contribution in [3.63, 3.8) is 0 Å². The van der Waals surface area contributed by atoms with Gasteiger partial charge in [-0.3, -0.25) is 4.79 Å². The van der Waals surface area contributed by atoms with E-state index in [4.69, 9.17) is 27.9 Å². The molecule has 1 saturated carbocycles. The van der Waals surface area contributed by atoms with E-state index in [1.807, 2.05) is 18.2 Å². The second-order valence-corrected chi connectivity index (χ2v) is 10.0. The summed E-state index contributed by atoms with van der Waals surface area (Å²) in [5.41, 5.74) is 1.77. The predicted molar refractivity (Wildman–Crippen MR) is 122 cm³/mol. The Morgan fingerprint density at radius 2 is 1.83 bits per heavy atom. The molecule has 1 saturated heterocycles. The highest BCUT2D eigenvalue weighted by molar-refractivity contribution is 7.17. The first-order chi connectivity index (χ1) is 14.5. The number of ether oxygens (including phenoxy) is 1. The molecule has 7 heteroatoms. The van der Waals surface area contributed by atoms with Gasteiger partial charge in [0.1, 0.15) is 4.88 Å². The van der Waals surface area contributed by atoms with Crippen LogP contribution >= 0.6 is 34.5 Å². The number of hydrogen-bond donors (Lipinski definition) is 1. The summed E-state index contributed by atoms with van der Waals surface area (Å²) in [6, 6.07) is 7.45. The van der Waals surface area contributed by atoms with Crippen molar-refractivity contribution >= 4 is 46.4 Å². The summed E-state index contributed by atoms with van der Waals surface area (Å²) in [6.07, 6.45) is 6.67. The number of benzene rings is 1. The average Bonchev–Trinajstić information content (AvgIpc) is 3.40. The molecule has 1 aliphatic carbocycles. The third-order valence-electron chi connectivity index (χ3n) is 6.37. The first kappa shape index (κ1) is 21.7. The van der Waals surface area contributed by atoms with Crippen molar-refractivity contribution in [1.29, 1.82) is 0 Å². The quantitative estimate of drug-likeness (QED) is 0.526. The minimum absolute atomic E-state index is 0.0378. The predicted octanol–water partition coefficient (Wildman–Crippen LogP) is 6.31.